The third-order valence-electron chi connectivity index (χ3n) is 3.19. The smallest absolute Gasteiger partial charge is 0.234 e. The summed E-state index contributed by atoms with van der Waals surface area (Å²) in [4.78, 5) is 12.2. The summed E-state index contributed by atoms with van der Waals surface area (Å²) < 4.78 is 10.1. The molecule has 18 heavy (non-hydrogen) atoms. The summed E-state index contributed by atoms with van der Waals surface area (Å²) in [5.74, 6) is -0.257. The van der Waals surface area contributed by atoms with Crippen LogP contribution in [-0.4, -0.2) is 50.4 Å². The number of hydrogen-bond acceptors (Lipinski definition) is 5. The lowest BCUT2D eigenvalue weighted by molar-refractivity contribution is -0.131. The van der Waals surface area contributed by atoms with Crippen LogP contribution in [0, 0.1) is 5.41 Å². The molecule has 0 saturated carbocycles. The fourth-order valence-electron chi connectivity index (χ4n) is 2.00. The van der Waals surface area contributed by atoms with Gasteiger partial charge in [0.2, 0.25) is 5.91 Å². The second kappa shape index (κ2) is 7.17. The molecule has 1 rings (SSSR count). The molecule has 1 aliphatic rings. The molecule has 0 aliphatic carbocycles. The van der Waals surface area contributed by atoms with Crippen LogP contribution in [0.5, 0.6) is 0 Å². The normalized spacial score (nSPS) is 19.5. The first-order valence-electron chi connectivity index (χ1n) is 6.00. The van der Waals surface area contributed by atoms with Crippen molar-refractivity contribution in [2.75, 3.05) is 33.5 Å². The molecule has 0 unspecified atom stereocenters. The van der Waals surface area contributed by atoms with Crippen molar-refractivity contribution < 1.29 is 19.5 Å². The molecule has 0 bridgehead atoms. The van der Waals surface area contributed by atoms with E-state index in [1.807, 2.05) is 0 Å². The lowest BCUT2D eigenvalue weighted by Crippen LogP contribution is -2.53. The Labute approximate surface area is 106 Å². The molecule has 7 heteroatoms. The Morgan fingerprint density at radius 1 is 1.56 bits per heavy atom. The van der Waals surface area contributed by atoms with E-state index >= 15 is 0 Å². The molecule has 7 nitrogen and oxygen atoms in total. The van der Waals surface area contributed by atoms with E-state index in [0.717, 1.165) is 6.42 Å². The van der Waals surface area contributed by atoms with Crippen LogP contribution in [0.4, 0.5) is 0 Å². The number of carbonyl (C=O) groups excluding carboxylic acids is 1. The Bertz CT molecular complexity index is 301. The lowest BCUT2D eigenvalue weighted by Gasteiger charge is -2.34. The second-order valence-corrected chi connectivity index (χ2v) is 4.28. The number of nitrogens with one attached hydrogen (secondary N) is 1. The largest absolute Gasteiger partial charge is 0.409 e. The summed E-state index contributed by atoms with van der Waals surface area (Å²) in [6.07, 6.45) is 1.59. The van der Waals surface area contributed by atoms with Crippen LogP contribution in [0.15, 0.2) is 5.16 Å². The number of amides is 1. The number of carbonyl (C=O) groups is 1. The average molecular weight is 259 g/mol. The highest BCUT2D eigenvalue weighted by molar-refractivity contribution is 6.06. The van der Waals surface area contributed by atoms with Crippen molar-refractivity contribution in [3.05, 3.63) is 0 Å². The number of oxime groups is 1. The molecule has 0 radical (unpaired) electrons. The zero-order valence-corrected chi connectivity index (χ0v) is 10.6. The molecule has 1 fully saturated rings. The first kappa shape index (κ1) is 14.7. The minimum Gasteiger partial charge on any atom is -0.409 e. The molecule has 0 aromatic heterocycles. The standard InChI is InChI=1S/C11H21N3O4/c1-17-6-2-5-13-10(15)11(9(12)14-16)3-7-18-8-4-11/h16H,2-8H2,1H3,(H2,12,14)(H,13,15). The maximum atomic E-state index is 12.2. The third kappa shape index (κ3) is 3.33. The SMILES string of the molecule is COCCCNC(=O)C1(C(N)=NO)CCOCC1. The van der Waals surface area contributed by atoms with Gasteiger partial charge in [0, 0.05) is 33.5 Å². The second-order valence-electron chi connectivity index (χ2n) is 4.28. The fraction of sp³-hybridized carbons (Fsp3) is 0.818. The van der Waals surface area contributed by atoms with E-state index in [9.17, 15) is 4.79 Å². The Hall–Kier alpha value is -1.34. The van der Waals surface area contributed by atoms with Crippen molar-refractivity contribution in [2.45, 2.75) is 19.3 Å². The van der Waals surface area contributed by atoms with E-state index in [2.05, 4.69) is 10.5 Å². The van der Waals surface area contributed by atoms with E-state index in [4.69, 9.17) is 20.4 Å². The number of hydrogen-bond donors (Lipinski definition) is 3. The Morgan fingerprint density at radius 2 is 2.22 bits per heavy atom. The number of nitrogens with two attached hydrogens (primary N) is 1. The maximum Gasteiger partial charge on any atom is 0.234 e. The predicted octanol–water partition coefficient (Wildman–Crippen LogP) is -0.318. The quantitative estimate of drug-likeness (QED) is 0.199. The zero-order valence-electron chi connectivity index (χ0n) is 10.6. The molecular weight excluding hydrogens is 238 g/mol. The van der Waals surface area contributed by atoms with E-state index in [1.165, 1.54) is 0 Å². The van der Waals surface area contributed by atoms with Gasteiger partial charge in [-0.05, 0) is 19.3 Å². The topological polar surface area (TPSA) is 106 Å². The molecule has 0 spiro atoms. The fourth-order valence-corrected chi connectivity index (χ4v) is 2.00. The third-order valence-corrected chi connectivity index (χ3v) is 3.19. The van der Waals surface area contributed by atoms with Gasteiger partial charge in [0.05, 0.1) is 0 Å². The molecule has 4 N–H and O–H groups in total. The van der Waals surface area contributed by atoms with Crippen molar-refractivity contribution >= 4 is 11.7 Å². The van der Waals surface area contributed by atoms with Gasteiger partial charge >= 0.3 is 0 Å². The van der Waals surface area contributed by atoms with Gasteiger partial charge in [-0.3, -0.25) is 4.79 Å². The molecular formula is C11H21N3O4. The highest BCUT2D eigenvalue weighted by atomic mass is 16.5. The monoisotopic (exact) mass is 259 g/mol. The average Bonchev–Trinajstić information content (AvgIpc) is 2.43. The van der Waals surface area contributed by atoms with E-state index in [0.29, 0.717) is 39.2 Å². The molecule has 0 atom stereocenters. The van der Waals surface area contributed by atoms with Crippen molar-refractivity contribution in [3.8, 4) is 0 Å². The van der Waals surface area contributed by atoms with E-state index < -0.39 is 5.41 Å². The highest BCUT2D eigenvalue weighted by Crippen LogP contribution is 2.31. The predicted molar refractivity (Wildman–Crippen MR) is 65.4 cm³/mol. The Kier molecular flexibility index (Phi) is 5.87. The van der Waals surface area contributed by atoms with Gasteiger partial charge in [-0.1, -0.05) is 5.16 Å². The van der Waals surface area contributed by atoms with E-state index in [1.54, 1.807) is 7.11 Å². The van der Waals surface area contributed by atoms with Gasteiger partial charge in [-0.2, -0.15) is 0 Å². The summed E-state index contributed by atoms with van der Waals surface area (Å²) in [7, 11) is 1.61. The van der Waals surface area contributed by atoms with E-state index in [-0.39, 0.29) is 11.7 Å². The maximum absolute atomic E-state index is 12.2. The van der Waals surface area contributed by atoms with Crippen molar-refractivity contribution in [3.63, 3.8) is 0 Å². The van der Waals surface area contributed by atoms with Crippen molar-refractivity contribution in [1.82, 2.24) is 5.32 Å². The molecule has 1 amide bonds. The van der Waals surface area contributed by atoms with Gasteiger partial charge in [0.1, 0.15) is 5.41 Å². The summed E-state index contributed by atoms with van der Waals surface area (Å²) >= 11 is 0. The Balaban J connectivity index is 2.62. The molecule has 0 aromatic rings. The zero-order chi connectivity index (χ0) is 13.4. The first-order valence-corrected chi connectivity index (χ1v) is 6.00. The van der Waals surface area contributed by atoms with Gasteiger partial charge in [0.15, 0.2) is 5.84 Å². The van der Waals surface area contributed by atoms with Crippen LogP contribution < -0.4 is 11.1 Å². The summed E-state index contributed by atoms with van der Waals surface area (Å²) in [6, 6.07) is 0. The van der Waals surface area contributed by atoms with Crippen LogP contribution in [0.3, 0.4) is 0 Å². The van der Waals surface area contributed by atoms with Crippen molar-refractivity contribution in [1.29, 1.82) is 0 Å². The summed E-state index contributed by atoms with van der Waals surface area (Å²) in [5.41, 5.74) is 4.73. The summed E-state index contributed by atoms with van der Waals surface area (Å²) in [5, 5.41) is 14.6. The van der Waals surface area contributed by atoms with Crippen LogP contribution in [-0.2, 0) is 14.3 Å². The minimum atomic E-state index is -0.944. The molecule has 0 aromatic carbocycles. The van der Waals surface area contributed by atoms with Gasteiger partial charge in [-0.25, -0.2) is 0 Å². The van der Waals surface area contributed by atoms with Crippen LogP contribution in [0.1, 0.15) is 19.3 Å². The molecule has 104 valence electrons. The molecule has 1 saturated heterocycles. The van der Waals surface area contributed by atoms with Gasteiger partial charge in [0.25, 0.3) is 0 Å². The number of amidine groups is 1. The number of rotatable bonds is 6. The number of nitrogens with zero attached hydrogens (tertiary/aromatic N) is 1. The number of ether oxygens (including phenoxy) is 2. The van der Waals surface area contributed by atoms with Crippen LogP contribution >= 0.6 is 0 Å². The van der Waals surface area contributed by atoms with Gasteiger partial charge < -0.3 is 25.7 Å². The minimum absolute atomic E-state index is 0.0463. The van der Waals surface area contributed by atoms with Crippen LogP contribution in [0.2, 0.25) is 0 Å². The number of methoxy groups -OCH3 is 1. The lowest BCUT2D eigenvalue weighted by atomic mass is 9.78. The van der Waals surface area contributed by atoms with Crippen molar-refractivity contribution in [2.24, 2.45) is 16.3 Å². The van der Waals surface area contributed by atoms with Crippen LogP contribution in [0.25, 0.3) is 0 Å². The molecule has 1 aliphatic heterocycles. The summed E-state index contributed by atoms with van der Waals surface area (Å²) in [6.45, 7) is 1.96. The molecule has 1 heterocycles. The Morgan fingerprint density at radius 3 is 2.78 bits per heavy atom. The highest BCUT2D eigenvalue weighted by Gasteiger charge is 2.44. The first-order chi connectivity index (χ1) is 8.67. The van der Waals surface area contributed by atoms with Gasteiger partial charge in [-0.15, -0.1) is 0 Å².